The molecule has 0 spiro atoms. The lowest BCUT2D eigenvalue weighted by atomic mass is 9.93. The summed E-state index contributed by atoms with van der Waals surface area (Å²) in [6, 6.07) is 7.92. The van der Waals surface area contributed by atoms with Crippen molar-refractivity contribution in [1.82, 2.24) is 5.32 Å². The Morgan fingerprint density at radius 2 is 1.95 bits per heavy atom. The summed E-state index contributed by atoms with van der Waals surface area (Å²) in [5.74, 6) is 0.121. The van der Waals surface area contributed by atoms with Gasteiger partial charge in [-0.15, -0.1) is 0 Å². The van der Waals surface area contributed by atoms with E-state index in [2.05, 4.69) is 35.1 Å². The van der Waals surface area contributed by atoms with Crippen LogP contribution in [0, 0.1) is 5.41 Å². The average molecular weight is 325 g/mol. The Morgan fingerprint density at radius 1 is 1.26 bits per heavy atom. The number of benzene rings is 1. The van der Waals surface area contributed by atoms with E-state index in [1.54, 1.807) is 0 Å². The Labute approximate surface area is 123 Å². The first-order valence-corrected chi connectivity index (χ1v) is 7.33. The first-order chi connectivity index (χ1) is 8.71. The largest absolute Gasteiger partial charge is 0.310 e. The fourth-order valence-corrected chi connectivity index (χ4v) is 2.67. The van der Waals surface area contributed by atoms with Gasteiger partial charge in [-0.25, -0.2) is 0 Å². The second kappa shape index (κ2) is 4.91. The van der Waals surface area contributed by atoms with Gasteiger partial charge in [0.15, 0.2) is 0 Å². The van der Waals surface area contributed by atoms with Gasteiger partial charge in [0.05, 0.1) is 5.54 Å². The third kappa shape index (κ3) is 3.18. The average Bonchev–Trinajstić information content (AvgIpc) is 2.40. The van der Waals surface area contributed by atoms with Crippen molar-refractivity contribution in [3.63, 3.8) is 0 Å². The number of rotatable bonds is 1. The molecule has 0 unspecified atom stereocenters. The van der Waals surface area contributed by atoms with Gasteiger partial charge in [0.25, 0.3) is 0 Å². The standard InChI is InChI=1S/C15H21BrN2O/c1-14(2)9-17-15(3,4)13(19)18(10-14)12-7-5-6-11(16)8-12/h5-8,17H,9-10H2,1-4H3. The van der Waals surface area contributed by atoms with Gasteiger partial charge < -0.3 is 10.2 Å². The fraction of sp³-hybridized carbons (Fsp3) is 0.533. The molecule has 0 aliphatic carbocycles. The molecule has 1 N–H and O–H groups in total. The summed E-state index contributed by atoms with van der Waals surface area (Å²) in [5, 5.41) is 3.37. The van der Waals surface area contributed by atoms with E-state index in [4.69, 9.17) is 0 Å². The van der Waals surface area contributed by atoms with Crippen LogP contribution < -0.4 is 10.2 Å². The first-order valence-electron chi connectivity index (χ1n) is 6.54. The highest BCUT2D eigenvalue weighted by Gasteiger charge is 2.39. The normalized spacial score (nSPS) is 22.2. The molecule has 4 heteroatoms. The van der Waals surface area contributed by atoms with E-state index >= 15 is 0 Å². The summed E-state index contributed by atoms with van der Waals surface area (Å²) in [6.07, 6.45) is 0. The summed E-state index contributed by atoms with van der Waals surface area (Å²) in [7, 11) is 0. The van der Waals surface area contributed by atoms with Gasteiger partial charge >= 0.3 is 0 Å². The molecule has 1 aliphatic heterocycles. The predicted octanol–water partition coefficient (Wildman–Crippen LogP) is 3.19. The molecule has 1 amide bonds. The smallest absolute Gasteiger partial charge is 0.246 e. The number of carbonyl (C=O) groups excluding carboxylic acids is 1. The van der Waals surface area contributed by atoms with Crippen molar-refractivity contribution >= 4 is 27.5 Å². The highest BCUT2D eigenvalue weighted by molar-refractivity contribution is 9.10. The van der Waals surface area contributed by atoms with Crippen LogP contribution in [0.25, 0.3) is 0 Å². The molecular weight excluding hydrogens is 304 g/mol. The molecule has 19 heavy (non-hydrogen) atoms. The number of hydrogen-bond donors (Lipinski definition) is 1. The van der Waals surface area contributed by atoms with Gasteiger partial charge in [0.1, 0.15) is 0 Å². The highest BCUT2D eigenvalue weighted by atomic mass is 79.9. The van der Waals surface area contributed by atoms with Crippen LogP contribution in [0.2, 0.25) is 0 Å². The minimum absolute atomic E-state index is 0.0474. The third-order valence-corrected chi connectivity index (χ3v) is 3.99. The fourth-order valence-electron chi connectivity index (χ4n) is 2.28. The second-order valence-corrected chi connectivity index (χ2v) is 7.43. The number of anilines is 1. The first kappa shape index (κ1) is 14.5. The molecule has 0 saturated carbocycles. The topological polar surface area (TPSA) is 32.3 Å². The SMILES string of the molecule is CC1(C)CNC(C)(C)C(=O)N(c2cccc(Br)c2)C1. The Balaban J connectivity index is 2.43. The van der Waals surface area contributed by atoms with Gasteiger partial charge in [-0.2, -0.15) is 0 Å². The number of halogens is 1. The lowest BCUT2D eigenvalue weighted by Crippen LogP contribution is -2.51. The Bertz CT molecular complexity index is 497. The summed E-state index contributed by atoms with van der Waals surface area (Å²) >= 11 is 3.47. The zero-order valence-corrected chi connectivity index (χ0v) is 13.5. The van der Waals surface area contributed by atoms with Crippen molar-refractivity contribution in [3.05, 3.63) is 28.7 Å². The number of carbonyl (C=O) groups is 1. The predicted molar refractivity (Wildman–Crippen MR) is 82.4 cm³/mol. The van der Waals surface area contributed by atoms with Gasteiger partial charge in [-0.05, 0) is 37.5 Å². The van der Waals surface area contributed by atoms with Gasteiger partial charge in [0.2, 0.25) is 5.91 Å². The Morgan fingerprint density at radius 3 is 2.58 bits per heavy atom. The maximum Gasteiger partial charge on any atom is 0.246 e. The lowest BCUT2D eigenvalue weighted by Gasteiger charge is -2.31. The molecule has 1 heterocycles. The van der Waals surface area contributed by atoms with E-state index in [1.165, 1.54) is 0 Å². The third-order valence-electron chi connectivity index (χ3n) is 3.49. The number of hydrogen-bond acceptors (Lipinski definition) is 2. The molecule has 1 aliphatic rings. The van der Waals surface area contributed by atoms with Gasteiger partial charge in [-0.3, -0.25) is 4.79 Å². The molecule has 1 aromatic carbocycles. The molecule has 2 rings (SSSR count). The van der Waals surface area contributed by atoms with Crippen LogP contribution in [0.15, 0.2) is 28.7 Å². The van der Waals surface area contributed by atoms with Crippen LogP contribution in [-0.4, -0.2) is 24.5 Å². The molecule has 3 nitrogen and oxygen atoms in total. The Hall–Kier alpha value is -0.870. The van der Waals surface area contributed by atoms with E-state index in [0.29, 0.717) is 0 Å². The molecular formula is C15H21BrN2O. The minimum Gasteiger partial charge on any atom is -0.310 e. The summed E-state index contributed by atoms with van der Waals surface area (Å²) in [6.45, 7) is 9.80. The van der Waals surface area contributed by atoms with Crippen LogP contribution >= 0.6 is 15.9 Å². The molecule has 1 aromatic rings. The van der Waals surface area contributed by atoms with Crippen molar-refractivity contribution < 1.29 is 4.79 Å². The van der Waals surface area contributed by atoms with Crippen molar-refractivity contribution in [2.24, 2.45) is 5.41 Å². The molecule has 1 fully saturated rings. The molecule has 0 radical (unpaired) electrons. The van der Waals surface area contributed by atoms with E-state index in [1.807, 2.05) is 43.0 Å². The number of nitrogens with zero attached hydrogens (tertiary/aromatic N) is 1. The van der Waals surface area contributed by atoms with E-state index < -0.39 is 5.54 Å². The summed E-state index contributed by atoms with van der Waals surface area (Å²) in [4.78, 5) is 14.6. The van der Waals surface area contributed by atoms with E-state index in [-0.39, 0.29) is 11.3 Å². The maximum absolute atomic E-state index is 12.7. The van der Waals surface area contributed by atoms with Crippen molar-refractivity contribution in [2.75, 3.05) is 18.0 Å². The molecule has 0 bridgehead atoms. The zero-order valence-electron chi connectivity index (χ0n) is 12.0. The van der Waals surface area contributed by atoms with Gasteiger partial charge in [0, 0.05) is 23.2 Å². The summed E-state index contributed by atoms with van der Waals surface area (Å²) in [5.41, 5.74) is 0.464. The molecule has 1 saturated heterocycles. The highest BCUT2D eigenvalue weighted by Crippen LogP contribution is 2.29. The van der Waals surface area contributed by atoms with E-state index in [9.17, 15) is 4.79 Å². The zero-order chi connectivity index (χ0) is 14.3. The summed E-state index contributed by atoms with van der Waals surface area (Å²) < 4.78 is 0.991. The van der Waals surface area contributed by atoms with Crippen molar-refractivity contribution in [1.29, 1.82) is 0 Å². The number of nitrogens with one attached hydrogen (secondary N) is 1. The lowest BCUT2D eigenvalue weighted by molar-refractivity contribution is -0.123. The molecule has 0 atom stereocenters. The number of amides is 1. The minimum atomic E-state index is -0.532. The second-order valence-electron chi connectivity index (χ2n) is 6.51. The van der Waals surface area contributed by atoms with Crippen molar-refractivity contribution in [2.45, 2.75) is 33.2 Å². The van der Waals surface area contributed by atoms with E-state index in [0.717, 1.165) is 23.2 Å². The van der Waals surface area contributed by atoms with Crippen LogP contribution in [0.4, 0.5) is 5.69 Å². The van der Waals surface area contributed by atoms with Crippen molar-refractivity contribution in [3.8, 4) is 0 Å². The van der Waals surface area contributed by atoms with Crippen LogP contribution in [-0.2, 0) is 4.79 Å². The van der Waals surface area contributed by atoms with Crippen LogP contribution in [0.5, 0.6) is 0 Å². The molecule has 104 valence electrons. The molecule has 0 aromatic heterocycles. The maximum atomic E-state index is 12.7. The van der Waals surface area contributed by atoms with Gasteiger partial charge in [-0.1, -0.05) is 35.8 Å². The monoisotopic (exact) mass is 324 g/mol. The van der Waals surface area contributed by atoms with Crippen LogP contribution in [0.1, 0.15) is 27.7 Å². The van der Waals surface area contributed by atoms with Crippen LogP contribution in [0.3, 0.4) is 0 Å². The quantitative estimate of drug-likeness (QED) is 0.860. The Kier molecular flexibility index (Phi) is 3.76.